The van der Waals surface area contributed by atoms with E-state index in [1.54, 1.807) is 47.5 Å². The number of carbonyl (C=O) groups excluding carboxylic acids is 1. The third kappa shape index (κ3) is 6.31. The molecule has 2 aromatic heterocycles. The van der Waals surface area contributed by atoms with Gasteiger partial charge in [-0.3, -0.25) is 9.48 Å². The zero-order valence-corrected chi connectivity index (χ0v) is 19.6. The van der Waals surface area contributed by atoms with Crippen LogP contribution in [0, 0.1) is 11.3 Å². The van der Waals surface area contributed by atoms with Gasteiger partial charge in [-0.05, 0) is 41.3 Å². The van der Waals surface area contributed by atoms with Crippen molar-refractivity contribution in [1.29, 1.82) is 5.26 Å². The summed E-state index contributed by atoms with van der Waals surface area (Å²) in [4.78, 5) is 17.6. The Labute approximate surface area is 204 Å². The van der Waals surface area contributed by atoms with Gasteiger partial charge in [0.2, 0.25) is 5.91 Å². The molecule has 0 saturated carbocycles. The van der Waals surface area contributed by atoms with Gasteiger partial charge in [0.05, 0.1) is 30.2 Å². The highest BCUT2D eigenvalue weighted by Gasteiger charge is 2.21. The van der Waals surface area contributed by atoms with E-state index in [1.165, 1.54) is 0 Å². The van der Waals surface area contributed by atoms with Gasteiger partial charge in [-0.15, -0.1) is 0 Å². The van der Waals surface area contributed by atoms with Crippen LogP contribution in [-0.4, -0.2) is 27.2 Å². The number of amides is 1. The number of pyridine rings is 1. The lowest BCUT2D eigenvalue weighted by atomic mass is 9.98. The van der Waals surface area contributed by atoms with Crippen LogP contribution in [0.4, 0.5) is 5.82 Å². The number of ether oxygens (including phenoxy) is 1. The van der Waals surface area contributed by atoms with Crippen molar-refractivity contribution in [2.24, 2.45) is 7.05 Å². The third-order valence-corrected chi connectivity index (χ3v) is 5.54. The first kappa shape index (κ1) is 23.7. The van der Waals surface area contributed by atoms with E-state index in [2.05, 4.69) is 33.7 Å². The minimum absolute atomic E-state index is 0.142. The first-order chi connectivity index (χ1) is 17.0. The summed E-state index contributed by atoms with van der Waals surface area (Å²) in [6, 6.07) is 22.1. The highest BCUT2D eigenvalue weighted by atomic mass is 16.5. The monoisotopic (exact) mass is 466 g/mol. The van der Waals surface area contributed by atoms with Crippen molar-refractivity contribution < 1.29 is 9.53 Å². The molecule has 2 heterocycles. The highest BCUT2D eigenvalue weighted by Crippen LogP contribution is 2.22. The fourth-order valence-corrected chi connectivity index (χ4v) is 3.61. The Hall–Kier alpha value is -4.48. The van der Waals surface area contributed by atoms with Crippen LogP contribution >= 0.6 is 0 Å². The van der Waals surface area contributed by atoms with Crippen LogP contribution in [-0.2, 0) is 11.8 Å². The molecule has 2 atom stereocenters. The number of hydrogen-bond donors (Lipinski definition) is 2. The first-order valence-electron chi connectivity index (χ1n) is 11.2. The van der Waals surface area contributed by atoms with Gasteiger partial charge in [0.25, 0.3) is 0 Å². The normalized spacial score (nSPS) is 12.4. The Bertz CT molecular complexity index is 1290. The van der Waals surface area contributed by atoms with Crippen LogP contribution in [0.15, 0.2) is 85.3 Å². The second-order valence-electron chi connectivity index (χ2n) is 8.21. The van der Waals surface area contributed by atoms with E-state index in [4.69, 9.17) is 10.00 Å². The number of aromatic nitrogens is 3. The Kier molecular flexibility index (Phi) is 7.50. The molecule has 2 N–H and O–H groups in total. The van der Waals surface area contributed by atoms with Crippen molar-refractivity contribution in [1.82, 2.24) is 20.1 Å². The molecule has 8 heteroatoms. The number of hydrogen-bond acceptors (Lipinski definition) is 6. The fourth-order valence-electron chi connectivity index (χ4n) is 3.61. The third-order valence-electron chi connectivity index (χ3n) is 5.54. The van der Waals surface area contributed by atoms with Gasteiger partial charge >= 0.3 is 0 Å². The zero-order valence-electron chi connectivity index (χ0n) is 19.6. The average Bonchev–Trinajstić information content (AvgIpc) is 3.30. The van der Waals surface area contributed by atoms with Gasteiger partial charge < -0.3 is 15.4 Å². The topological polar surface area (TPSA) is 105 Å². The van der Waals surface area contributed by atoms with E-state index in [1.807, 2.05) is 49.5 Å². The predicted octanol–water partition coefficient (Wildman–Crippen LogP) is 4.55. The maximum atomic E-state index is 13.2. The molecule has 0 aliphatic heterocycles. The van der Waals surface area contributed by atoms with E-state index < -0.39 is 6.04 Å². The molecule has 1 amide bonds. The smallest absolute Gasteiger partial charge is 0.247 e. The summed E-state index contributed by atoms with van der Waals surface area (Å²) < 4.78 is 7.36. The molecule has 0 aliphatic carbocycles. The summed E-state index contributed by atoms with van der Waals surface area (Å²) >= 11 is 0. The molecular weight excluding hydrogens is 440 g/mol. The molecule has 0 bridgehead atoms. The van der Waals surface area contributed by atoms with E-state index in [0.29, 0.717) is 29.4 Å². The Morgan fingerprint density at radius 1 is 1.03 bits per heavy atom. The van der Waals surface area contributed by atoms with E-state index in [9.17, 15) is 4.79 Å². The van der Waals surface area contributed by atoms with Crippen molar-refractivity contribution in [2.75, 3.05) is 11.9 Å². The average molecular weight is 467 g/mol. The van der Waals surface area contributed by atoms with E-state index in [-0.39, 0.29) is 11.8 Å². The number of nitrogens with zero attached hydrogens (tertiary/aromatic N) is 4. The van der Waals surface area contributed by atoms with Gasteiger partial charge in [0, 0.05) is 13.6 Å². The van der Waals surface area contributed by atoms with Crippen LogP contribution in [0.2, 0.25) is 0 Å². The quantitative estimate of drug-likeness (QED) is 0.375. The molecule has 4 rings (SSSR count). The van der Waals surface area contributed by atoms with Crippen LogP contribution in [0.3, 0.4) is 0 Å². The summed E-state index contributed by atoms with van der Waals surface area (Å²) in [5, 5.41) is 19.4. The molecule has 2 aromatic carbocycles. The van der Waals surface area contributed by atoms with E-state index in [0.717, 1.165) is 11.1 Å². The molecule has 0 radical (unpaired) electrons. The lowest BCUT2D eigenvalue weighted by Crippen LogP contribution is -2.35. The number of aryl methyl sites for hydroxylation is 1. The first-order valence-corrected chi connectivity index (χ1v) is 11.2. The van der Waals surface area contributed by atoms with Crippen LogP contribution in [0.25, 0.3) is 0 Å². The summed E-state index contributed by atoms with van der Waals surface area (Å²) in [6.45, 7) is 2.65. The minimum Gasteiger partial charge on any atom is -0.452 e. The van der Waals surface area contributed by atoms with Crippen molar-refractivity contribution in [3.63, 3.8) is 0 Å². The number of nitrogens with one attached hydrogen (secondary N) is 2. The number of benzene rings is 2. The molecule has 8 nitrogen and oxygen atoms in total. The zero-order chi connectivity index (χ0) is 24.6. The minimum atomic E-state index is -0.565. The Morgan fingerprint density at radius 2 is 1.80 bits per heavy atom. The SMILES string of the molecule is C[C@H](CN[C@H](C(=O)Nc1ccc(Oc2cnn(C)c2)cn1)c1ccccc1)c1ccc(C#N)cc1. The Morgan fingerprint density at radius 3 is 2.43 bits per heavy atom. The molecule has 0 saturated heterocycles. The largest absolute Gasteiger partial charge is 0.452 e. The van der Waals surface area contributed by atoms with Crippen molar-refractivity contribution >= 4 is 11.7 Å². The summed E-state index contributed by atoms with van der Waals surface area (Å²) in [5.41, 5.74) is 2.57. The molecule has 0 aliphatic rings. The summed E-state index contributed by atoms with van der Waals surface area (Å²) in [5.74, 6) is 1.51. The van der Waals surface area contributed by atoms with Gasteiger partial charge in [-0.25, -0.2) is 4.98 Å². The maximum absolute atomic E-state index is 13.2. The molecule has 0 fully saturated rings. The molecular formula is C27H26N6O2. The van der Waals surface area contributed by atoms with Crippen molar-refractivity contribution in [3.8, 4) is 17.6 Å². The van der Waals surface area contributed by atoms with Crippen molar-refractivity contribution in [2.45, 2.75) is 18.9 Å². The van der Waals surface area contributed by atoms with Crippen LogP contribution < -0.4 is 15.4 Å². The number of rotatable bonds is 9. The summed E-state index contributed by atoms with van der Waals surface area (Å²) in [7, 11) is 1.81. The van der Waals surface area contributed by atoms with Crippen molar-refractivity contribution in [3.05, 3.63) is 102 Å². The molecule has 0 unspecified atom stereocenters. The lowest BCUT2D eigenvalue weighted by Gasteiger charge is -2.21. The predicted molar refractivity (Wildman–Crippen MR) is 133 cm³/mol. The van der Waals surface area contributed by atoms with E-state index >= 15 is 0 Å². The van der Waals surface area contributed by atoms with Crippen LogP contribution in [0.1, 0.15) is 35.6 Å². The van der Waals surface area contributed by atoms with Crippen LogP contribution in [0.5, 0.6) is 11.5 Å². The lowest BCUT2D eigenvalue weighted by molar-refractivity contribution is -0.118. The summed E-state index contributed by atoms with van der Waals surface area (Å²) in [6.07, 6.45) is 4.93. The number of nitriles is 1. The molecule has 35 heavy (non-hydrogen) atoms. The fraction of sp³-hybridized carbons (Fsp3) is 0.185. The van der Waals surface area contributed by atoms with Gasteiger partial charge in [-0.1, -0.05) is 49.4 Å². The standard InChI is InChI=1S/C27H26N6O2/c1-19(21-10-8-20(14-28)9-11-21)15-30-26(22-6-4-3-5-7-22)27(34)32-25-13-12-23(16-29-25)35-24-17-31-33(2)18-24/h3-13,16-19,26,30H,15H2,1-2H3,(H,29,32,34)/t19-,26+/m1/s1. The molecule has 4 aromatic rings. The maximum Gasteiger partial charge on any atom is 0.247 e. The second-order valence-corrected chi connectivity index (χ2v) is 8.21. The van der Waals surface area contributed by atoms with Gasteiger partial charge in [-0.2, -0.15) is 10.4 Å². The van der Waals surface area contributed by atoms with Gasteiger partial charge in [0.1, 0.15) is 17.6 Å². The molecule has 0 spiro atoms. The Balaban J connectivity index is 1.42. The highest BCUT2D eigenvalue weighted by molar-refractivity contribution is 5.94. The number of anilines is 1. The van der Waals surface area contributed by atoms with Gasteiger partial charge in [0.15, 0.2) is 5.75 Å². The second kappa shape index (κ2) is 11.1. The molecule has 176 valence electrons. The number of carbonyl (C=O) groups is 1.